The van der Waals surface area contributed by atoms with E-state index in [2.05, 4.69) is 10.1 Å². The summed E-state index contributed by atoms with van der Waals surface area (Å²) in [6.45, 7) is -3.01. The first-order valence-electron chi connectivity index (χ1n) is 7.85. The molecule has 0 atom stereocenters. The summed E-state index contributed by atoms with van der Waals surface area (Å²) < 4.78 is 57.7. The van der Waals surface area contributed by atoms with Crippen molar-refractivity contribution in [3.63, 3.8) is 0 Å². The Labute approximate surface area is 152 Å². The van der Waals surface area contributed by atoms with E-state index in [9.17, 15) is 22.4 Å². The molecule has 0 saturated heterocycles. The zero-order valence-corrected chi connectivity index (χ0v) is 13.8. The van der Waals surface area contributed by atoms with E-state index in [4.69, 9.17) is 0 Å². The maximum Gasteiger partial charge on any atom is 0.387 e. The van der Waals surface area contributed by atoms with Crippen LogP contribution in [0.2, 0.25) is 0 Å². The van der Waals surface area contributed by atoms with Crippen LogP contribution in [0.5, 0.6) is 5.75 Å². The van der Waals surface area contributed by atoms with E-state index in [1.807, 2.05) is 0 Å². The fourth-order valence-electron chi connectivity index (χ4n) is 2.49. The van der Waals surface area contributed by atoms with Crippen LogP contribution in [0.15, 0.2) is 66.7 Å². The predicted octanol–water partition coefficient (Wildman–Crippen LogP) is 5.49. The first-order chi connectivity index (χ1) is 12.9. The SMILES string of the molecule is O=C(Nc1c(F)cc(-c2cccc(OC(F)F)c2)cc1F)c1ccccc1. The van der Waals surface area contributed by atoms with E-state index in [-0.39, 0.29) is 22.4 Å². The molecule has 0 fully saturated rings. The Morgan fingerprint density at radius 1 is 0.852 bits per heavy atom. The Kier molecular flexibility index (Phi) is 5.40. The molecule has 0 heterocycles. The highest BCUT2D eigenvalue weighted by Crippen LogP contribution is 2.30. The highest BCUT2D eigenvalue weighted by molar-refractivity contribution is 6.04. The van der Waals surface area contributed by atoms with Gasteiger partial charge in [0.1, 0.15) is 23.1 Å². The largest absolute Gasteiger partial charge is 0.435 e. The van der Waals surface area contributed by atoms with Crippen molar-refractivity contribution in [2.24, 2.45) is 0 Å². The molecule has 0 aliphatic rings. The maximum absolute atomic E-state index is 14.4. The standard InChI is InChI=1S/C20H13F4NO2/c21-16-10-14(13-7-4-8-15(9-13)27-20(23)24)11-17(22)18(16)25-19(26)12-5-2-1-3-6-12/h1-11,20H,(H,25,26). The van der Waals surface area contributed by atoms with Crippen molar-refractivity contribution in [3.8, 4) is 16.9 Å². The van der Waals surface area contributed by atoms with Crippen LogP contribution in [0.25, 0.3) is 11.1 Å². The van der Waals surface area contributed by atoms with E-state index in [1.165, 1.54) is 36.4 Å². The molecule has 3 aromatic rings. The number of amides is 1. The molecule has 0 aliphatic heterocycles. The number of hydrogen-bond acceptors (Lipinski definition) is 2. The van der Waals surface area contributed by atoms with E-state index >= 15 is 0 Å². The molecule has 0 aromatic heterocycles. The molecule has 0 spiro atoms. The van der Waals surface area contributed by atoms with Crippen molar-refractivity contribution in [2.75, 3.05) is 5.32 Å². The van der Waals surface area contributed by atoms with Crippen LogP contribution in [0.3, 0.4) is 0 Å². The van der Waals surface area contributed by atoms with Crippen molar-refractivity contribution in [3.05, 3.63) is 83.9 Å². The molecule has 0 bridgehead atoms. The van der Waals surface area contributed by atoms with Crippen LogP contribution in [0.4, 0.5) is 23.2 Å². The molecule has 27 heavy (non-hydrogen) atoms. The second kappa shape index (κ2) is 7.90. The third-order valence-electron chi connectivity index (χ3n) is 3.71. The van der Waals surface area contributed by atoms with E-state index < -0.39 is 29.8 Å². The second-order valence-corrected chi connectivity index (χ2v) is 5.54. The number of benzene rings is 3. The van der Waals surface area contributed by atoms with Crippen LogP contribution in [-0.2, 0) is 0 Å². The Bertz CT molecular complexity index is 938. The fraction of sp³-hybridized carbons (Fsp3) is 0.0500. The molecule has 1 N–H and O–H groups in total. The first kappa shape index (κ1) is 18.4. The number of anilines is 1. The van der Waals surface area contributed by atoms with Gasteiger partial charge in [-0.15, -0.1) is 0 Å². The first-order valence-corrected chi connectivity index (χ1v) is 7.85. The van der Waals surface area contributed by atoms with Crippen molar-refractivity contribution < 1.29 is 27.1 Å². The summed E-state index contributed by atoms with van der Waals surface area (Å²) in [5.41, 5.74) is 0.0547. The zero-order chi connectivity index (χ0) is 19.4. The van der Waals surface area contributed by atoms with E-state index in [0.29, 0.717) is 0 Å². The Balaban J connectivity index is 1.88. The number of rotatable bonds is 5. The Morgan fingerprint density at radius 3 is 2.15 bits per heavy atom. The van der Waals surface area contributed by atoms with Crippen LogP contribution in [-0.4, -0.2) is 12.5 Å². The smallest absolute Gasteiger partial charge is 0.387 e. The van der Waals surface area contributed by atoms with Gasteiger partial charge in [-0.3, -0.25) is 4.79 Å². The zero-order valence-electron chi connectivity index (χ0n) is 13.8. The van der Waals surface area contributed by atoms with Crippen LogP contribution >= 0.6 is 0 Å². The lowest BCUT2D eigenvalue weighted by molar-refractivity contribution is -0.0498. The molecule has 0 unspecified atom stereocenters. The fourth-order valence-corrected chi connectivity index (χ4v) is 2.49. The lowest BCUT2D eigenvalue weighted by Gasteiger charge is -2.11. The average Bonchev–Trinajstić information content (AvgIpc) is 2.64. The number of carbonyl (C=O) groups is 1. The summed E-state index contributed by atoms with van der Waals surface area (Å²) in [7, 11) is 0. The second-order valence-electron chi connectivity index (χ2n) is 5.54. The van der Waals surface area contributed by atoms with E-state index in [1.54, 1.807) is 18.2 Å². The number of carbonyl (C=O) groups excluding carboxylic acids is 1. The van der Waals surface area contributed by atoms with Gasteiger partial charge in [-0.2, -0.15) is 8.78 Å². The Hall–Kier alpha value is -3.35. The quantitative estimate of drug-likeness (QED) is 0.599. The van der Waals surface area contributed by atoms with Gasteiger partial charge in [0.05, 0.1) is 0 Å². The van der Waals surface area contributed by atoms with Gasteiger partial charge < -0.3 is 10.1 Å². The molecule has 0 aliphatic carbocycles. The Morgan fingerprint density at radius 2 is 1.52 bits per heavy atom. The lowest BCUT2D eigenvalue weighted by atomic mass is 10.0. The third kappa shape index (κ3) is 4.44. The van der Waals surface area contributed by atoms with Crippen molar-refractivity contribution >= 4 is 11.6 Å². The van der Waals surface area contributed by atoms with Gasteiger partial charge in [0, 0.05) is 5.56 Å². The molecular weight excluding hydrogens is 362 g/mol. The highest BCUT2D eigenvalue weighted by Gasteiger charge is 2.16. The molecule has 138 valence electrons. The molecule has 7 heteroatoms. The molecule has 3 aromatic carbocycles. The number of ether oxygens (including phenoxy) is 1. The minimum atomic E-state index is -3.01. The highest BCUT2D eigenvalue weighted by atomic mass is 19.3. The summed E-state index contributed by atoms with van der Waals surface area (Å²) in [6.07, 6.45) is 0. The molecule has 0 radical (unpaired) electrons. The van der Waals surface area contributed by atoms with Crippen molar-refractivity contribution in [2.45, 2.75) is 6.61 Å². The summed E-state index contributed by atoms with van der Waals surface area (Å²) in [4.78, 5) is 12.1. The van der Waals surface area contributed by atoms with Gasteiger partial charge in [-0.25, -0.2) is 8.78 Å². The van der Waals surface area contributed by atoms with Gasteiger partial charge in [-0.05, 0) is 47.5 Å². The van der Waals surface area contributed by atoms with Crippen molar-refractivity contribution in [1.29, 1.82) is 0 Å². The molecule has 1 amide bonds. The molecule has 3 nitrogen and oxygen atoms in total. The summed E-state index contributed by atoms with van der Waals surface area (Å²) in [6, 6.07) is 15.4. The molecule has 3 rings (SSSR count). The number of halogens is 4. The molecular formula is C20H13F4NO2. The summed E-state index contributed by atoms with van der Waals surface area (Å²) in [5.74, 6) is -2.78. The predicted molar refractivity (Wildman–Crippen MR) is 92.8 cm³/mol. The molecule has 0 saturated carbocycles. The van der Waals surface area contributed by atoms with Crippen LogP contribution in [0, 0.1) is 11.6 Å². The third-order valence-corrected chi connectivity index (χ3v) is 3.71. The summed E-state index contributed by atoms with van der Waals surface area (Å²) in [5, 5.41) is 2.20. The van der Waals surface area contributed by atoms with Gasteiger partial charge in [0.2, 0.25) is 0 Å². The van der Waals surface area contributed by atoms with E-state index in [0.717, 1.165) is 12.1 Å². The summed E-state index contributed by atoms with van der Waals surface area (Å²) >= 11 is 0. The van der Waals surface area contributed by atoms with Gasteiger partial charge >= 0.3 is 6.61 Å². The topological polar surface area (TPSA) is 38.3 Å². The van der Waals surface area contributed by atoms with Crippen LogP contribution in [0.1, 0.15) is 10.4 Å². The van der Waals surface area contributed by atoms with Gasteiger partial charge in [-0.1, -0.05) is 30.3 Å². The average molecular weight is 375 g/mol. The lowest BCUT2D eigenvalue weighted by Crippen LogP contribution is -2.14. The minimum absolute atomic E-state index is 0.113. The van der Waals surface area contributed by atoms with Gasteiger partial charge in [0.25, 0.3) is 5.91 Å². The number of nitrogens with one attached hydrogen (secondary N) is 1. The van der Waals surface area contributed by atoms with Gasteiger partial charge in [0.15, 0.2) is 0 Å². The van der Waals surface area contributed by atoms with Crippen molar-refractivity contribution in [1.82, 2.24) is 0 Å². The number of hydrogen-bond donors (Lipinski definition) is 1. The van der Waals surface area contributed by atoms with Crippen LogP contribution < -0.4 is 10.1 Å². The minimum Gasteiger partial charge on any atom is -0.435 e. The maximum atomic E-state index is 14.4. The monoisotopic (exact) mass is 375 g/mol. The number of alkyl halides is 2. The normalized spacial score (nSPS) is 10.7.